The van der Waals surface area contributed by atoms with E-state index >= 15 is 0 Å². The van der Waals surface area contributed by atoms with Crippen LogP contribution >= 0.6 is 0 Å². The van der Waals surface area contributed by atoms with Gasteiger partial charge in [0.15, 0.2) is 0 Å². The van der Waals surface area contributed by atoms with E-state index in [9.17, 15) is 17.6 Å². The first kappa shape index (κ1) is 24.6. The molecule has 0 saturated carbocycles. The molecule has 182 valence electrons. The largest absolute Gasteiger partial charge is 0.376 e. The van der Waals surface area contributed by atoms with Crippen molar-refractivity contribution < 1.29 is 22.3 Å². The molecule has 0 aromatic heterocycles. The van der Waals surface area contributed by atoms with E-state index in [1.807, 2.05) is 36.4 Å². The molecule has 2 fully saturated rings. The molecule has 0 radical (unpaired) electrons. The molecule has 34 heavy (non-hydrogen) atoms. The Bertz CT molecular complexity index is 1090. The first-order valence-electron chi connectivity index (χ1n) is 11.8. The van der Waals surface area contributed by atoms with Gasteiger partial charge in [-0.15, -0.1) is 0 Å². The zero-order valence-corrected chi connectivity index (χ0v) is 20.0. The predicted octanol–water partition coefficient (Wildman–Crippen LogP) is 4.05. The van der Waals surface area contributed by atoms with Gasteiger partial charge in [0.2, 0.25) is 15.9 Å². The maximum Gasteiger partial charge on any atom is 0.236 e. The Labute approximate surface area is 201 Å². The highest BCUT2D eigenvalue weighted by Crippen LogP contribution is 2.25. The number of carbonyl (C=O) groups is 1. The van der Waals surface area contributed by atoms with Crippen LogP contribution in [0.5, 0.6) is 0 Å². The van der Waals surface area contributed by atoms with Crippen molar-refractivity contribution in [2.45, 2.75) is 38.3 Å². The van der Waals surface area contributed by atoms with E-state index in [0.717, 1.165) is 24.0 Å². The molecule has 2 aromatic carbocycles. The number of rotatable bonds is 8. The first-order valence-corrected chi connectivity index (χ1v) is 13.3. The van der Waals surface area contributed by atoms with Crippen molar-refractivity contribution in [2.24, 2.45) is 5.92 Å². The second-order valence-electron chi connectivity index (χ2n) is 8.92. The van der Waals surface area contributed by atoms with Crippen LogP contribution < -0.4 is 0 Å². The van der Waals surface area contributed by atoms with Crippen LogP contribution in [0.25, 0.3) is 6.08 Å². The van der Waals surface area contributed by atoms with E-state index in [4.69, 9.17) is 4.74 Å². The summed E-state index contributed by atoms with van der Waals surface area (Å²) in [4.78, 5) is 15.2. The summed E-state index contributed by atoms with van der Waals surface area (Å²) in [5.74, 6) is -0.611. The summed E-state index contributed by atoms with van der Waals surface area (Å²) >= 11 is 0. The van der Waals surface area contributed by atoms with Crippen molar-refractivity contribution in [1.29, 1.82) is 0 Å². The number of hydrogen-bond acceptors (Lipinski definition) is 4. The summed E-state index contributed by atoms with van der Waals surface area (Å²) in [7, 11) is -3.56. The lowest BCUT2D eigenvalue weighted by molar-refractivity contribution is -0.139. The van der Waals surface area contributed by atoms with Crippen LogP contribution in [0.2, 0.25) is 0 Å². The summed E-state index contributed by atoms with van der Waals surface area (Å²) < 4.78 is 46.4. The molecule has 2 aliphatic rings. The van der Waals surface area contributed by atoms with Gasteiger partial charge in [0, 0.05) is 44.1 Å². The van der Waals surface area contributed by atoms with E-state index in [-0.39, 0.29) is 23.7 Å². The van der Waals surface area contributed by atoms with Crippen molar-refractivity contribution in [1.82, 2.24) is 9.21 Å². The number of hydrogen-bond donors (Lipinski definition) is 0. The lowest BCUT2D eigenvalue weighted by Gasteiger charge is -2.34. The lowest BCUT2D eigenvalue weighted by atomic mass is 9.96. The molecular formula is C26H31FN2O4S. The molecule has 2 aromatic rings. The van der Waals surface area contributed by atoms with Crippen LogP contribution in [0, 0.1) is 11.7 Å². The molecule has 1 atom stereocenters. The van der Waals surface area contributed by atoms with E-state index in [1.165, 1.54) is 21.8 Å². The summed E-state index contributed by atoms with van der Waals surface area (Å²) in [6.07, 6.45) is 4.37. The maximum absolute atomic E-state index is 13.7. The smallest absolute Gasteiger partial charge is 0.236 e. The zero-order valence-electron chi connectivity index (χ0n) is 19.2. The van der Waals surface area contributed by atoms with Gasteiger partial charge in [0.25, 0.3) is 0 Å². The standard InChI is InChI=1S/C26H31FN2O4S/c27-24-9-4-8-22(18-24)19-28(20-25-10-5-16-33-25)26(30)23-11-14-29(15-12-23)34(31,32)17-13-21-6-2-1-3-7-21/h1-4,6-9,13,17-18,23,25H,5,10-12,14-16,19-20H2/b17-13+. The highest BCUT2D eigenvalue weighted by molar-refractivity contribution is 7.92. The molecule has 0 aliphatic carbocycles. The van der Waals surface area contributed by atoms with Gasteiger partial charge in [-0.3, -0.25) is 4.79 Å². The molecule has 4 rings (SSSR count). The number of carbonyl (C=O) groups excluding carboxylic acids is 1. The Kier molecular flexibility index (Phi) is 8.13. The molecule has 1 amide bonds. The van der Waals surface area contributed by atoms with Crippen LogP contribution in [0.4, 0.5) is 4.39 Å². The zero-order chi connectivity index (χ0) is 24.0. The van der Waals surface area contributed by atoms with Crippen molar-refractivity contribution in [2.75, 3.05) is 26.2 Å². The fraction of sp³-hybridized carbons (Fsp3) is 0.423. The average Bonchev–Trinajstić information content (AvgIpc) is 3.36. The van der Waals surface area contributed by atoms with Gasteiger partial charge in [-0.2, -0.15) is 4.31 Å². The van der Waals surface area contributed by atoms with Crippen molar-refractivity contribution >= 4 is 22.0 Å². The minimum atomic E-state index is -3.56. The van der Waals surface area contributed by atoms with Gasteiger partial charge in [-0.05, 0) is 55.0 Å². The summed E-state index contributed by atoms with van der Waals surface area (Å²) in [6.45, 7) is 2.07. The number of piperidine rings is 1. The monoisotopic (exact) mass is 486 g/mol. The van der Waals surface area contributed by atoms with Gasteiger partial charge in [-0.1, -0.05) is 42.5 Å². The van der Waals surface area contributed by atoms with Gasteiger partial charge in [0.05, 0.1) is 6.10 Å². The molecule has 1 unspecified atom stereocenters. The Balaban J connectivity index is 1.39. The second kappa shape index (κ2) is 11.3. The number of halogens is 1. The minimum absolute atomic E-state index is 0.0129. The fourth-order valence-corrected chi connectivity index (χ4v) is 5.77. The molecule has 6 nitrogen and oxygen atoms in total. The molecular weight excluding hydrogens is 455 g/mol. The summed E-state index contributed by atoms with van der Waals surface area (Å²) in [6, 6.07) is 15.6. The number of benzene rings is 2. The van der Waals surface area contributed by atoms with E-state index in [0.29, 0.717) is 45.6 Å². The second-order valence-corrected chi connectivity index (χ2v) is 10.7. The third kappa shape index (κ3) is 6.52. The lowest BCUT2D eigenvalue weighted by Crippen LogP contribution is -2.45. The third-order valence-electron chi connectivity index (χ3n) is 6.42. The molecule has 0 bridgehead atoms. The van der Waals surface area contributed by atoms with Crippen LogP contribution in [0.1, 0.15) is 36.8 Å². The molecule has 0 N–H and O–H groups in total. The molecule has 0 spiro atoms. The van der Waals surface area contributed by atoms with Crippen molar-refractivity contribution in [3.05, 3.63) is 76.9 Å². The number of amides is 1. The van der Waals surface area contributed by atoms with Crippen LogP contribution in [-0.2, 0) is 26.1 Å². The number of nitrogens with zero attached hydrogens (tertiary/aromatic N) is 2. The van der Waals surface area contributed by atoms with Crippen molar-refractivity contribution in [3.63, 3.8) is 0 Å². The molecule has 2 heterocycles. The average molecular weight is 487 g/mol. The highest BCUT2D eigenvalue weighted by Gasteiger charge is 2.33. The van der Waals surface area contributed by atoms with Crippen molar-refractivity contribution in [3.8, 4) is 0 Å². The van der Waals surface area contributed by atoms with Gasteiger partial charge in [0.1, 0.15) is 5.82 Å². The Morgan fingerprint density at radius 1 is 1.09 bits per heavy atom. The third-order valence-corrected chi connectivity index (χ3v) is 7.98. The fourth-order valence-electron chi connectivity index (χ4n) is 4.55. The van der Waals surface area contributed by atoms with Gasteiger partial charge in [-0.25, -0.2) is 12.8 Å². The Morgan fingerprint density at radius 2 is 1.85 bits per heavy atom. The quantitative estimate of drug-likeness (QED) is 0.565. The topological polar surface area (TPSA) is 66.9 Å². The molecule has 8 heteroatoms. The summed E-state index contributed by atoms with van der Waals surface area (Å²) in [5.41, 5.74) is 1.55. The van der Waals surface area contributed by atoms with Crippen LogP contribution in [0.15, 0.2) is 60.0 Å². The van der Waals surface area contributed by atoms with Gasteiger partial charge >= 0.3 is 0 Å². The minimum Gasteiger partial charge on any atom is -0.376 e. The van der Waals surface area contributed by atoms with Gasteiger partial charge < -0.3 is 9.64 Å². The Morgan fingerprint density at radius 3 is 2.53 bits per heavy atom. The van der Waals surface area contributed by atoms with E-state index < -0.39 is 10.0 Å². The maximum atomic E-state index is 13.7. The first-order chi connectivity index (χ1) is 16.4. The van der Waals surface area contributed by atoms with E-state index in [1.54, 1.807) is 17.0 Å². The summed E-state index contributed by atoms with van der Waals surface area (Å²) in [5, 5.41) is 1.23. The molecule has 2 aliphatic heterocycles. The van der Waals surface area contributed by atoms with Crippen LogP contribution in [-0.4, -0.2) is 55.9 Å². The predicted molar refractivity (Wildman–Crippen MR) is 129 cm³/mol. The highest BCUT2D eigenvalue weighted by atomic mass is 32.2. The molecule has 2 saturated heterocycles. The SMILES string of the molecule is O=C(C1CCN(S(=O)(=O)/C=C/c2ccccc2)CC1)N(Cc1cccc(F)c1)CC1CCCO1. The number of sulfonamides is 1. The number of ether oxygens (including phenoxy) is 1. The Hall–Kier alpha value is -2.55. The normalized spacial score (nSPS) is 20.1. The van der Waals surface area contributed by atoms with Crippen LogP contribution in [0.3, 0.4) is 0 Å². The van der Waals surface area contributed by atoms with E-state index in [2.05, 4.69) is 0 Å².